The van der Waals surface area contributed by atoms with E-state index in [0.717, 1.165) is 6.07 Å². The molecule has 3 heterocycles. The Bertz CT molecular complexity index is 1080. The van der Waals surface area contributed by atoms with Gasteiger partial charge >= 0.3 is 0 Å². The highest BCUT2D eigenvalue weighted by Gasteiger charge is 2.39. The highest BCUT2D eigenvalue weighted by molar-refractivity contribution is 6.30. The van der Waals surface area contributed by atoms with Crippen molar-refractivity contribution in [2.24, 2.45) is 5.73 Å². The van der Waals surface area contributed by atoms with Crippen LogP contribution < -0.4 is 10.5 Å². The number of nitrogens with two attached hydrogens (primary N) is 1. The Morgan fingerprint density at radius 1 is 1.32 bits per heavy atom. The smallest absolute Gasteiger partial charge is 0.258 e. The van der Waals surface area contributed by atoms with E-state index < -0.39 is 23.9 Å². The number of hydrogen-bond donors (Lipinski definition) is 2. The number of aliphatic hydroxyl groups excluding tert-OH is 1. The Morgan fingerprint density at radius 3 is 2.76 bits per heavy atom. The van der Waals surface area contributed by atoms with Crippen molar-refractivity contribution in [2.45, 2.75) is 31.6 Å². The molecule has 1 fully saturated rings. The zero-order valence-corrected chi connectivity index (χ0v) is 19.4. The maximum absolute atomic E-state index is 14.6. The Balaban J connectivity index is 1.50. The number of hydrogen-bond acceptors (Lipinski definition) is 7. The van der Waals surface area contributed by atoms with Crippen LogP contribution in [0.5, 0.6) is 5.75 Å². The predicted molar refractivity (Wildman–Crippen MR) is 123 cm³/mol. The van der Waals surface area contributed by atoms with Crippen molar-refractivity contribution in [1.82, 2.24) is 19.8 Å². The van der Waals surface area contributed by atoms with Gasteiger partial charge in [0.1, 0.15) is 24.3 Å². The Kier molecular flexibility index (Phi) is 7.30. The summed E-state index contributed by atoms with van der Waals surface area (Å²) >= 11 is 5.84. The lowest BCUT2D eigenvalue weighted by Crippen LogP contribution is -2.42. The largest absolute Gasteiger partial charge is 0.491 e. The zero-order chi connectivity index (χ0) is 24.4. The van der Waals surface area contributed by atoms with Gasteiger partial charge in [-0.15, -0.1) is 0 Å². The molecule has 8 nitrogen and oxygen atoms in total. The minimum absolute atomic E-state index is 0.0236. The number of rotatable bonds is 7. The minimum Gasteiger partial charge on any atom is -0.491 e. The predicted octanol–water partition coefficient (Wildman–Crippen LogP) is 2.27. The number of aromatic nitrogens is 2. The third kappa shape index (κ3) is 4.98. The fourth-order valence-electron chi connectivity index (χ4n) is 4.47. The van der Waals surface area contributed by atoms with E-state index in [1.54, 1.807) is 0 Å². The number of benzene rings is 1. The fourth-order valence-corrected chi connectivity index (χ4v) is 4.57. The van der Waals surface area contributed by atoms with E-state index >= 15 is 0 Å². The molecule has 34 heavy (non-hydrogen) atoms. The summed E-state index contributed by atoms with van der Waals surface area (Å²) in [4.78, 5) is 24.9. The van der Waals surface area contributed by atoms with Gasteiger partial charge in [-0.1, -0.05) is 11.6 Å². The van der Waals surface area contributed by atoms with E-state index in [9.17, 15) is 18.7 Å². The first-order valence-corrected chi connectivity index (χ1v) is 11.3. The molecule has 1 amide bonds. The second kappa shape index (κ2) is 10.2. The van der Waals surface area contributed by atoms with Crippen molar-refractivity contribution < 1.29 is 23.4 Å². The summed E-state index contributed by atoms with van der Waals surface area (Å²) in [5.74, 6) is -0.591. The molecule has 2 aliphatic heterocycles. The summed E-state index contributed by atoms with van der Waals surface area (Å²) in [6, 6.07) is 2.97. The van der Waals surface area contributed by atoms with Crippen molar-refractivity contribution >= 4 is 23.1 Å². The average molecular weight is 494 g/mol. The SMILES string of the molecule is CC1CC(F)C(COc2cc(F)ccc2C(=O)N2CC(N)=C(c3ncc(Cl)cn3)C2)N1CCO. The van der Waals surface area contributed by atoms with Gasteiger partial charge in [0.15, 0.2) is 5.82 Å². The van der Waals surface area contributed by atoms with Crippen LogP contribution in [0.2, 0.25) is 5.02 Å². The number of aliphatic hydroxyl groups is 1. The highest BCUT2D eigenvalue weighted by Crippen LogP contribution is 2.30. The first-order valence-electron chi connectivity index (χ1n) is 11.0. The van der Waals surface area contributed by atoms with E-state index in [0.29, 0.717) is 35.1 Å². The number of carbonyl (C=O) groups is 1. The standard InChI is InChI=1S/C23H26ClF2N5O3/c1-13-6-18(26)20(31(13)4-5-32)12-34-21-7-15(25)2-3-16(21)23(33)30-10-17(19(27)11-30)22-28-8-14(24)9-29-22/h2-3,7-9,13,18,20,32H,4-6,10-12,27H2,1H3. The summed E-state index contributed by atoms with van der Waals surface area (Å²) in [5.41, 5.74) is 7.34. The Hall–Kier alpha value is -2.82. The lowest BCUT2D eigenvalue weighted by atomic mass is 10.1. The van der Waals surface area contributed by atoms with E-state index in [1.807, 2.05) is 11.8 Å². The number of β-amino-alcohol motifs (C(OH)–C–C–N with tert-alkyl or cyclic N) is 1. The number of nitrogens with zero attached hydrogens (tertiary/aromatic N) is 4. The fraction of sp³-hybridized carbons (Fsp3) is 0.435. The van der Waals surface area contributed by atoms with Crippen molar-refractivity contribution in [1.29, 1.82) is 0 Å². The van der Waals surface area contributed by atoms with Gasteiger partial charge in [-0.05, 0) is 25.5 Å². The Morgan fingerprint density at radius 2 is 2.06 bits per heavy atom. The first-order chi connectivity index (χ1) is 16.3. The normalized spacial score (nSPS) is 23.1. The van der Waals surface area contributed by atoms with Gasteiger partial charge in [0.2, 0.25) is 0 Å². The second-order valence-corrected chi connectivity index (χ2v) is 8.91. The van der Waals surface area contributed by atoms with E-state index in [-0.39, 0.29) is 43.7 Å². The summed E-state index contributed by atoms with van der Waals surface area (Å²) < 4.78 is 34.4. The van der Waals surface area contributed by atoms with Crippen molar-refractivity contribution in [3.8, 4) is 5.75 Å². The number of amides is 1. The first kappa shape index (κ1) is 24.3. The molecule has 0 spiro atoms. The van der Waals surface area contributed by atoms with Crippen molar-refractivity contribution in [3.05, 3.63) is 58.5 Å². The summed E-state index contributed by atoms with van der Waals surface area (Å²) in [5, 5.41) is 9.69. The van der Waals surface area contributed by atoms with Gasteiger partial charge in [0.25, 0.3) is 5.91 Å². The molecule has 4 rings (SSSR count). The number of carbonyl (C=O) groups excluding carboxylic acids is 1. The highest BCUT2D eigenvalue weighted by atomic mass is 35.5. The van der Waals surface area contributed by atoms with Crippen LogP contribution in [-0.2, 0) is 0 Å². The van der Waals surface area contributed by atoms with Crippen LogP contribution in [0.15, 0.2) is 36.3 Å². The molecule has 1 aromatic carbocycles. The third-order valence-corrected chi connectivity index (χ3v) is 6.39. The number of alkyl halides is 1. The average Bonchev–Trinajstić information content (AvgIpc) is 3.32. The van der Waals surface area contributed by atoms with E-state index in [1.165, 1.54) is 29.4 Å². The van der Waals surface area contributed by atoms with Gasteiger partial charge in [-0.3, -0.25) is 9.69 Å². The monoisotopic (exact) mass is 493 g/mol. The quantitative estimate of drug-likeness (QED) is 0.609. The molecular weight excluding hydrogens is 468 g/mol. The summed E-state index contributed by atoms with van der Waals surface area (Å²) in [6.45, 7) is 2.30. The van der Waals surface area contributed by atoms with Crippen LogP contribution in [-0.4, -0.2) is 81.9 Å². The molecule has 1 saturated heterocycles. The van der Waals surface area contributed by atoms with Crippen LogP contribution >= 0.6 is 11.6 Å². The Labute approximate surface area is 201 Å². The van der Waals surface area contributed by atoms with Gasteiger partial charge in [-0.25, -0.2) is 18.7 Å². The lowest BCUT2D eigenvalue weighted by molar-refractivity contribution is 0.0782. The minimum atomic E-state index is -1.15. The van der Waals surface area contributed by atoms with Gasteiger partial charge in [0, 0.05) is 42.3 Å². The summed E-state index contributed by atoms with van der Waals surface area (Å²) in [7, 11) is 0. The molecule has 0 saturated carbocycles. The van der Waals surface area contributed by atoms with Crippen LogP contribution in [0.1, 0.15) is 29.5 Å². The molecule has 0 bridgehead atoms. The molecule has 3 N–H and O–H groups in total. The van der Waals surface area contributed by atoms with E-state index in [4.69, 9.17) is 22.1 Å². The lowest BCUT2D eigenvalue weighted by Gasteiger charge is -2.28. The molecule has 0 aliphatic carbocycles. The molecule has 3 atom stereocenters. The maximum atomic E-state index is 14.6. The van der Waals surface area contributed by atoms with Gasteiger partial charge < -0.3 is 20.5 Å². The molecular formula is C23H26ClF2N5O3. The van der Waals surface area contributed by atoms with Crippen LogP contribution in [0.25, 0.3) is 5.57 Å². The molecule has 11 heteroatoms. The number of likely N-dealkylation sites (tertiary alicyclic amines) is 1. The molecule has 0 radical (unpaired) electrons. The molecule has 2 aliphatic rings. The van der Waals surface area contributed by atoms with Gasteiger partial charge in [0.05, 0.1) is 36.3 Å². The number of halogens is 3. The second-order valence-electron chi connectivity index (χ2n) is 8.47. The zero-order valence-electron chi connectivity index (χ0n) is 18.6. The van der Waals surface area contributed by atoms with E-state index in [2.05, 4.69) is 9.97 Å². The van der Waals surface area contributed by atoms with Gasteiger partial charge in [-0.2, -0.15) is 0 Å². The number of ether oxygens (including phenoxy) is 1. The molecule has 1 aromatic heterocycles. The van der Waals surface area contributed by atoms with Crippen molar-refractivity contribution in [2.75, 3.05) is 32.8 Å². The van der Waals surface area contributed by atoms with Crippen LogP contribution in [0.4, 0.5) is 8.78 Å². The molecule has 182 valence electrons. The van der Waals surface area contributed by atoms with Crippen LogP contribution in [0, 0.1) is 5.82 Å². The molecule has 3 unspecified atom stereocenters. The maximum Gasteiger partial charge on any atom is 0.258 e. The summed E-state index contributed by atoms with van der Waals surface area (Å²) in [6.07, 6.45) is 2.06. The van der Waals surface area contributed by atoms with Crippen molar-refractivity contribution in [3.63, 3.8) is 0 Å². The van der Waals surface area contributed by atoms with Crippen LogP contribution in [0.3, 0.4) is 0 Å². The topological polar surface area (TPSA) is 105 Å². The molecule has 2 aromatic rings. The third-order valence-electron chi connectivity index (χ3n) is 6.19.